The number of fused-ring (bicyclic) bond motifs is 1. The Morgan fingerprint density at radius 2 is 1.63 bits per heavy atom. The normalized spacial score (nSPS) is 13.2. The van der Waals surface area contributed by atoms with Crippen molar-refractivity contribution >= 4 is 27.5 Å². The van der Waals surface area contributed by atoms with Gasteiger partial charge in [-0.25, -0.2) is 8.42 Å². The summed E-state index contributed by atoms with van der Waals surface area (Å²) >= 11 is 0. The van der Waals surface area contributed by atoms with Crippen molar-refractivity contribution < 1.29 is 27.5 Å². The van der Waals surface area contributed by atoms with Gasteiger partial charge in [0.25, 0.3) is 10.0 Å². The van der Waals surface area contributed by atoms with Crippen molar-refractivity contribution in [1.29, 1.82) is 0 Å². The van der Waals surface area contributed by atoms with Crippen LogP contribution in [0.4, 0.5) is 5.69 Å². The van der Waals surface area contributed by atoms with Gasteiger partial charge in [0.1, 0.15) is 25.8 Å². The second kappa shape index (κ2) is 13.5. The molecule has 2 amide bonds. The molecule has 3 aromatic carbocycles. The molecule has 0 aliphatic carbocycles. The fourth-order valence-electron chi connectivity index (χ4n) is 4.53. The molecule has 1 unspecified atom stereocenters. The molecule has 0 bridgehead atoms. The molecule has 3 aromatic rings. The highest BCUT2D eigenvalue weighted by Gasteiger charge is 2.33. The largest absolute Gasteiger partial charge is 0.486 e. The van der Waals surface area contributed by atoms with Crippen molar-refractivity contribution in [3.63, 3.8) is 0 Å². The topological polar surface area (TPSA) is 105 Å². The maximum atomic E-state index is 14.1. The second-order valence-electron chi connectivity index (χ2n) is 9.92. The predicted molar refractivity (Wildman–Crippen MR) is 158 cm³/mol. The molecule has 218 valence electrons. The summed E-state index contributed by atoms with van der Waals surface area (Å²) in [6.45, 7) is 6.48. The number of anilines is 1. The van der Waals surface area contributed by atoms with E-state index < -0.39 is 28.5 Å². The first-order chi connectivity index (χ1) is 19.7. The van der Waals surface area contributed by atoms with Crippen molar-refractivity contribution in [1.82, 2.24) is 10.2 Å². The second-order valence-corrected chi connectivity index (χ2v) is 11.8. The van der Waals surface area contributed by atoms with Gasteiger partial charge < -0.3 is 19.7 Å². The molecule has 0 saturated carbocycles. The van der Waals surface area contributed by atoms with Crippen LogP contribution in [-0.2, 0) is 26.2 Å². The molecular weight excluding hydrogens is 542 g/mol. The number of nitrogens with zero attached hydrogens (tertiary/aromatic N) is 2. The van der Waals surface area contributed by atoms with Crippen LogP contribution in [0.1, 0.15) is 37.8 Å². The number of aryl methyl sites for hydroxylation is 1. The third-order valence-corrected chi connectivity index (χ3v) is 8.81. The first-order valence-corrected chi connectivity index (χ1v) is 15.3. The van der Waals surface area contributed by atoms with E-state index in [4.69, 9.17) is 9.47 Å². The van der Waals surface area contributed by atoms with Gasteiger partial charge in [-0.3, -0.25) is 13.9 Å². The van der Waals surface area contributed by atoms with E-state index in [-0.39, 0.29) is 23.0 Å². The fraction of sp³-hybridized carbons (Fsp3) is 0.355. The molecule has 1 aliphatic rings. The summed E-state index contributed by atoms with van der Waals surface area (Å²) in [6, 6.07) is 19.5. The van der Waals surface area contributed by atoms with E-state index in [1.54, 1.807) is 43.3 Å². The third kappa shape index (κ3) is 7.18. The standard InChI is InChI=1S/C31H37N3O6S/c1-4-5-17-32-31(36)24(3)33(21-25-12-10-9-11-23(25)2)30(35)22-34(41(37,38)27-13-7-6-8-14-27)26-15-16-28-29(20-26)40-19-18-39-28/h6-16,20,24H,4-5,17-19,21-22H2,1-3H3,(H,32,36). The summed E-state index contributed by atoms with van der Waals surface area (Å²) in [6.07, 6.45) is 1.74. The molecule has 1 N–H and O–H groups in total. The fourth-order valence-corrected chi connectivity index (χ4v) is 5.95. The molecule has 9 nitrogen and oxygen atoms in total. The maximum absolute atomic E-state index is 14.1. The van der Waals surface area contributed by atoms with Crippen LogP contribution in [0.2, 0.25) is 0 Å². The number of carbonyl (C=O) groups is 2. The summed E-state index contributed by atoms with van der Waals surface area (Å²) in [5.74, 6) is 0.0924. The summed E-state index contributed by atoms with van der Waals surface area (Å²) in [5, 5.41) is 2.90. The van der Waals surface area contributed by atoms with Crippen LogP contribution < -0.4 is 19.1 Å². The van der Waals surface area contributed by atoms with Gasteiger partial charge in [-0.1, -0.05) is 55.8 Å². The van der Waals surface area contributed by atoms with Gasteiger partial charge in [0.2, 0.25) is 11.8 Å². The zero-order valence-electron chi connectivity index (χ0n) is 23.7. The van der Waals surface area contributed by atoms with Crippen molar-refractivity contribution in [3.05, 3.63) is 83.9 Å². The number of nitrogens with one attached hydrogen (secondary N) is 1. The van der Waals surface area contributed by atoms with Crippen molar-refractivity contribution in [2.75, 3.05) is 30.6 Å². The van der Waals surface area contributed by atoms with E-state index >= 15 is 0 Å². The number of carbonyl (C=O) groups excluding carboxylic acids is 2. The Morgan fingerprint density at radius 3 is 2.34 bits per heavy atom. The minimum atomic E-state index is -4.16. The third-order valence-electron chi connectivity index (χ3n) is 7.02. The van der Waals surface area contributed by atoms with Gasteiger partial charge in [-0.2, -0.15) is 0 Å². The first-order valence-electron chi connectivity index (χ1n) is 13.8. The summed E-state index contributed by atoms with van der Waals surface area (Å²) in [4.78, 5) is 28.7. The van der Waals surface area contributed by atoms with Crippen molar-refractivity contribution in [2.24, 2.45) is 0 Å². The number of amides is 2. The molecule has 0 spiro atoms. The lowest BCUT2D eigenvalue weighted by molar-refractivity contribution is -0.139. The van der Waals surface area contributed by atoms with E-state index in [2.05, 4.69) is 5.32 Å². The van der Waals surface area contributed by atoms with Crippen LogP contribution in [0.15, 0.2) is 77.7 Å². The molecule has 0 radical (unpaired) electrons. The highest BCUT2D eigenvalue weighted by Crippen LogP contribution is 2.36. The van der Waals surface area contributed by atoms with Crippen LogP contribution in [0.5, 0.6) is 11.5 Å². The molecule has 1 atom stereocenters. The van der Waals surface area contributed by atoms with Gasteiger partial charge >= 0.3 is 0 Å². The number of sulfonamides is 1. The van der Waals surface area contributed by atoms with Gasteiger partial charge in [-0.15, -0.1) is 0 Å². The molecule has 41 heavy (non-hydrogen) atoms. The predicted octanol–water partition coefficient (Wildman–Crippen LogP) is 4.30. The Morgan fingerprint density at radius 1 is 0.951 bits per heavy atom. The average Bonchev–Trinajstić information content (AvgIpc) is 2.99. The van der Waals surface area contributed by atoms with Crippen molar-refractivity contribution in [3.8, 4) is 11.5 Å². The van der Waals surface area contributed by atoms with E-state index in [1.807, 2.05) is 38.1 Å². The van der Waals surface area contributed by atoms with E-state index in [0.29, 0.717) is 31.3 Å². The molecular formula is C31H37N3O6S. The monoisotopic (exact) mass is 579 g/mol. The number of hydrogen-bond donors (Lipinski definition) is 1. The zero-order chi connectivity index (χ0) is 29.4. The highest BCUT2D eigenvalue weighted by atomic mass is 32.2. The van der Waals surface area contributed by atoms with E-state index in [1.165, 1.54) is 17.0 Å². The van der Waals surface area contributed by atoms with Crippen molar-refractivity contribution in [2.45, 2.75) is 51.1 Å². The minimum Gasteiger partial charge on any atom is -0.486 e. The molecule has 0 aromatic heterocycles. The van der Waals surface area contributed by atoms with Gasteiger partial charge in [0.15, 0.2) is 11.5 Å². The van der Waals surface area contributed by atoms with Crippen LogP contribution >= 0.6 is 0 Å². The smallest absolute Gasteiger partial charge is 0.264 e. The van der Waals surface area contributed by atoms with Crippen LogP contribution in [0.3, 0.4) is 0 Å². The Bertz CT molecular complexity index is 1460. The maximum Gasteiger partial charge on any atom is 0.264 e. The lowest BCUT2D eigenvalue weighted by Crippen LogP contribution is -2.51. The molecule has 0 saturated heterocycles. The van der Waals surface area contributed by atoms with E-state index in [9.17, 15) is 18.0 Å². The van der Waals surface area contributed by atoms with Gasteiger partial charge in [0, 0.05) is 19.2 Å². The Kier molecular flexibility index (Phi) is 9.88. The number of ether oxygens (including phenoxy) is 2. The van der Waals surface area contributed by atoms with Crippen LogP contribution in [0.25, 0.3) is 0 Å². The first kappa shape index (κ1) is 29.9. The Labute approximate surface area is 242 Å². The Hall–Kier alpha value is -4.05. The summed E-state index contributed by atoms with van der Waals surface area (Å²) < 4.78 is 40.3. The summed E-state index contributed by atoms with van der Waals surface area (Å²) in [7, 11) is -4.16. The quantitative estimate of drug-likeness (QED) is 0.321. The lowest BCUT2D eigenvalue weighted by atomic mass is 10.1. The average molecular weight is 580 g/mol. The van der Waals surface area contributed by atoms with Crippen LogP contribution in [0, 0.1) is 6.92 Å². The van der Waals surface area contributed by atoms with Crippen LogP contribution in [-0.4, -0.2) is 57.5 Å². The molecule has 0 fully saturated rings. The Balaban J connectivity index is 1.71. The van der Waals surface area contributed by atoms with E-state index in [0.717, 1.165) is 28.3 Å². The van der Waals surface area contributed by atoms with Gasteiger partial charge in [0.05, 0.1) is 10.6 Å². The highest BCUT2D eigenvalue weighted by molar-refractivity contribution is 7.92. The SMILES string of the molecule is CCCCNC(=O)C(C)N(Cc1ccccc1C)C(=O)CN(c1ccc2c(c1)OCCO2)S(=O)(=O)c1ccccc1. The minimum absolute atomic E-state index is 0.0403. The molecule has 4 rings (SSSR count). The number of benzene rings is 3. The van der Waals surface area contributed by atoms with Gasteiger partial charge in [-0.05, 0) is 55.7 Å². The zero-order valence-corrected chi connectivity index (χ0v) is 24.5. The molecule has 1 aliphatic heterocycles. The number of hydrogen-bond acceptors (Lipinski definition) is 6. The molecule has 1 heterocycles. The number of unbranched alkanes of at least 4 members (excludes halogenated alkanes) is 1. The molecule has 10 heteroatoms. The lowest BCUT2D eigenvalue weighted by Gasteiger charge is -2.32. The summed E-state index contributed by atoms with van der Waals surface area (Å²) in [5.41, 5.74) is 2.08. The number of rotatable bonds is 12.